The van der Waals surface area contributed by atoms with Crippen LogP contribution in [0.15, 0.2) is 30.3 Å². The molecule has 0 saturated heterocycles. The summed E-state index contributed by atoms with van der Waals surface area (Å²) in [6.45, 7) is 2.90. The van der Waals surface area contributed by atoms with Crippen molar-refractivity contribution in [2.75, 3.05) is 0 Å². The molecule has 1 amide bonds. The predicted molar refractivity (Wildman–Crippen MR) is 72.5 cm³/mol. The van der Waals surface area contributed by atoms with Gasteiger partial charge in [0, 0.05) is 12.5 Å². The maximum atomic E-state index is 11.7. The fourth-order valence-electron chi connectivity index (χ4n) is 1.62. The minimum atomic E-state index is -1.26. The molecule has 1 atom stereocenters. The zero-order valence-electron chi connectivity index (χ0n) is 11.2. The number of carboxylic acid groups (broad SMARTS) is 1. The molecule has 5 heteroatoms. The summed E-state index contributed by atoms with van der Waals surface area (Å²) in [5.41, 5.74) is 5.68. The summed E-state index contributed by atoms with van der Waals surface area (Å²) in [5.74, 6) is -1.37. The standard InChI is InChI=1S/C14H20N2O3/c1-14(2,13(18)19)16-12(17)9-8-11(15)10-6-4-3-5-7-10/h3-7,11H,8-9,15H2,1-2H3,(H,16,17)(H,18,19). The van der Waals surface area contributed by atoms with E-state index in [1.54, 1.807) is 0 Å². The third kappa shape index (κ3) is 4.71. The van der Waals surface area contributed by atoms with Gasteiger partial charge in [0.05, 0.1) is 0 Å². The van der Waals surface area contributed by atoms with Crippen molar-refractivity contribution in [2.45, 2.75) is 38.3 Å². The molecule has 0 spiro atoms. The van der Waals surface area contributed by atoms with Crippen LogP contribution in [0.2, 0.25) is 0 Å². The molecule has 104 valence electrons. The van der Waals surface area contributed by atoms with Gasteiger partial charge in [0.2, 0.25) is 5.91 Å². The highest BCUT2D eigenvalue weighted by molar-refractivity contribution is 5.86. The van der Waals surface area contributed by atoms with Crippen molar-refractivity contribution < 1.29 is 14.7 Å². The summed E-state index contributed by atoms with van der Waals surface area (Å²) in [4.78, 5) is 22.5. The number of carbonyl (C=O) groups excluding carboxylic acids is 1. The molecule has 1 unspecified atom stereocenters. The molecule has 1 rings (SSSR count). The maximum absolute atomic E-state index is 11.7. The fraction of sp³-hybridized carbons (Fsp3) is 0.429. The number of benzene rings is 1. The number of carbonyl (C=O) groups is 2. The van der Waals surface area contributed by atoms with Crippen molar-refractivity contribution in [2.24, 2.45) is 5.73 Å². The summed E-state index contributed by atoms with van der Waals surface area (Å²) in [7, 11) is 0. The van der Waals surface area contributed by atoms with Gasteiger partial charge >= 0.3 is 5.97 Å². The third-order valence-corrected chi connectivity index (χ3v) is 2.90. The Balaban J connectivity index is 2.45. The molecule has 0 saturated carbocycles. The van der Waals surface area contributed by atoms with E-state index < -0.39 is 11.5 Å². The van der Waals surface area contributed by atoms with Crippen molar-refractivity contribution >= 4 is 11.9 Å². The summed E-state index contributed by atoms with van der Waals surface area (Å²) >= 11 is 0. The molecular weight excluding hydrogens is 244 g/mol. The van der Waals surface area contributed by atoms with Crippen LogP contribution in [0.5, 0.6) is 0 Å². The summed E-state index contributed by atoms with van der Waals surface area (Å²) in [6, 6.07) is 9.28. The van der Waals surface area contributed by atoms with E-state index >= 15 is 0 Å². The minimum Gasteiger partial charge on any atom is -0.480 e. The Morgan fingerprint density at radius 2 is 1.89 bits per heavy atom. The number of nitrogens with two attached hydrogens (primary N) is 1. The van der Waals surface area contributed by atoms with Gasteiger partial charge in [-0.3, -0.25) is 4.79 Å². The van der Waals surface area contributed by atoms with Crippen LogP contribution in [-0.4, -0.2) is 22.5 Å². The van der Waals surface area contributed by atoms with E-state index in [-0.39, 0.29) is 18.4 Å². The Bertz CT molecular complexity index is 443. The van der Waals surface area contributed by atoms with Crippen LogP contribution in [0.1, 0.15) is 38.3 Å². The first-order valence-electron chi connectivity index (χ1n) is 6.18. The summed E-state index contributed by atoms with van der Waals surface area (Å²) in [6.07, 6.45) is 0.679. The van der Waals surface area contributed by atoms with E-state index in [2.05, 4.69) is 5.32 Å². The second-order valence-electron chi connectivity index (χ2n) is 5.03. The maximum Gasteiger partial charge on any atom is 0.328 e. The monoisotopic (exact) mass is 264 g/mol. The fourth-order valence-corrected chi connectivity index (χ4v) is 1.62. The first kappa shape index (κ1) is 15.2. The number of rotatable bonds is 6. The van der Waals surface area contributed by atoms with Gasteiger partial charge < -0.3 is 16.2 Å². The van der Waals surface area contributed by atoms with Gasteiger partial charge in [-0.1, -0.05) is 30.3 Å². The van der Waals surface area contributed by atoms with E-state index in [1.165, 1.54) is 13.8 Å². The summed E-state index contributed by atoms with van der Waals surface area (Å²) in [5, 5.41) is 11.4. The Hall–Kier alpha value is -1.88. The highest BCUT2D eigenvalue weighted by atomic mass is 16.4. The molecule has 1 aromatic carbocycles. The largest absolute Gasteiger partial charge is 0.480 e. The molecule has 0 radical (unpaired) electrons. The Morgan fingerprint density at radius 1 is 1.32 bits per heavy atom. The molecule has 5 nitrogen and oxygen atoms in total. The van der Waals surface area contributed by atoms with Crippen LogP contribution in [0.25, 0.3) is 0 Å². The van der Waals surface area contributed by atoms with Crippen molar-refractivity contribution in [1.82, 2.24) is 5.32 Å². The molecule has 4 N–H and O–H groups in total. The van der Waals surface area contributed by atoms with E-state index in [0.29, 0.717) is 6.42 Å². The Labute approximate surface area is 112 Å². The van der Waals surface area contributed by atoms with Gasteiger partial charge in [0.25, 0.3) is 0 Å². The molecule has 0 aliphatic carbocycles. The molecule has 0 heterocycles. The van der Waals surface area contributed by atoms with Crippen molar-refractivity contribution in [3.8, 4) is 0 Å². The normalized spacial score (nSPS) is 12.8. The first-order valence-corrected chi connectivity index (χ1v) is 6.18. The molecule has 0 bridgehead atoms. The van der Waals surface area contributed by atoms with Gasteiger partial charge in [0.15, 0.2) is 0 Å². The van der Waals surface area contributed by atoms with Crippen LogP contribution in [0.3, 0.4) is 0 Å². The predicted octanol–water partition coefficient (Wildman–Crippen LogP) is 1.45. The van der Waals surface area contributed by atoms with E-state index in [0.717, 1.165) is 5.56 Å². The van der Waals surface area contributed by atoms with E-state index in [4.69, 9.17) is 10.8 Å². The molecule has 0 aliphatic heterocycles. The molecule has 0 aromatic heterocycles. The summed E-state index contributed by atoms with van der Waals surface area (Å²) < 4.78 is 0. The topological polar surface area (TPSA) is 92.4 Å². The van der Waals surface area contributed by atoms with E-state index in [9.17, 15) is 9.59 Å². The molecule has 0 aliphatic rings. The first-order chi connectivity index (χ1) is 8.83. The van der Waals surface area contributed by atoms with Gasteiger partial charge in [-0.05, 0) is 25.8 Å². The van der Waals surface area contributed by atoms with Crippen LogP contribution >= 0.6 is 0 Å². The highest BCUT2D eigenvalue weighted by Crippen LogP contribution is 2.15. The number of hydrogen-bond donors (Lipinski definition) is 3. The second kappa shape index (κ2) is 6.33. The molecule has 0 fully saturated rings. The Kier molecular flexibility index (Phi) is 5.06. The smallest absolute Gasteiger partial charge is 0.328 e. The van der Waals surface area contributed by atoms with Crippen LogP contribution in [0.4, 0.5) is 0 Å². The molecule has 1 aromatic rings. The second-order valence-corrected chi connectivity index (χ2v) is 5.03. The number of aliphatic carboxylic acids is 1. The van der Waals surface area contributed by atoms with E-state index in [1.807, 2.05) is 30.3 Å². The highest BCUT2D eigenvalue weighted by Gasteiger charge is 2.28. The van der Waals surface area contributed by atoms with Gasteiger partial charge in [-0.2, -0.15) is 0 Å². The zero-order chi connectivity index (χ0) is 14.5. The van der Waals surface area contributed by atoms with Crippen LogP contribution in [-0.2, 0) is 9.59 Å². The lowest BCUT2D eigenvalue weighted by Crippen LogP contribution is -2.49. The zero-order valence-corrected chi connectivity index (χ0v) is 11.2. The number of carboxylic acids is 1. The third-order valence-electron chi connectivity index (χ3n) is 2.90. The number of nitrogens with one attached hydrogen (secondary N) is 1. The SMILES string of the molecule is CC(C)(NC(=O)CCC(N)c1ccccc1)C(=O)O. The van der Waals surface area contributed by atoms with Crippen molar-refractivity contribution in [3.05, 3.63) is 35.9 Å². The quantitative estimate of drug-likeness (QED) is 0.725. The lowest BCUT2D eigenvalue weighted by Gasteiger charge is -2.21. The van der Waals surface area contributed by atoms with Gasteiger partial charge in [0.1, 0.15) is 5.54 Å². The minimum absolute atomic E-state index is 0.201. The van der Waals surface area contributed by atoms with Crippen LogP contribution < -0.4 is 11.1 Å². The average Bonchev–Trinajstić information content (AvgIpc) is 2.36. The van der Waals surface area contributed by atoms with Gasteiger partial charge in [-0.25, -0.2) is 4.79 Å². The molecule has 19 heavy (non-hydrogen) atoms. The van der Waals surface area contributed by atoms with Crippen LogP contribution in [0, 0.1) is 0 Å². The average molecular weight is 264 g/mol. The van der Waals surface area contributed by atoms with Crippen molar-refractivity contribution in [1.29, 1.82) is 0 Å². The lowest BCUT2D eigenvalue weighted by atomic mass is 10.0. The molecular formula is C14H20N2O3. The van der Waals surface area contributed by atoms with Gasteiger partial charge in [-0.15, -0.1) is 0 Å². The lowest BCUT2D eigenvalue weighted by molar-refractivity contribution is -0.146. The number of amides is 1. The van der Waals surface area contributed by atoms with Crippen molar-refractivity contribution in [3.63, 3.8) is 0 Å². The number of hydrogen-bond acceptors (Lipinski definition) is 3. The Morgan fingerprint density at radius 3 is 2.42 bits per heavy atom.